The molecule has 3 N–H and O–H groups in total. The van der Waals surface area contributed by atoms with E-state index in [0.29, 0.717) is 34.6 Å². The lowest BCUT2D eigenvalue weighted by Gasteiger charge is -2.17. The van der Waals surface area contributed by atoms with Crippen molar-refractivity contribution < 1.29 is 4.79 Å². The van der Waals surface area contributed by atoms with Crippen LogP contribution in [0.2, 0.25) is 0 Å². The van der Waals surface area contributed by atoms with Crippen LogP contribution in [0.1, 0.15) is 52.5 Å². The standard InChI is InChI=1S/C20H21IN5OP/c1-11-12(2)17(24-10-13(11)9-22)19(27)25-14-4-5-16(26-28-21)15(8-14)18(23)20(3)6-7-20/h4-5,8,10,23,26,28H,6-7H2,1-3H3,(H,25,27). The number of hydrogen-bond acceptors (Lipinski definition) is 5. The molecule has 8 heteroatoms. The minimum absolute atomic E-state index is 0.0736. The Balaban J connectivity index is 1.90. The molecule has 1 heterocycles. The summed E-state index contributed by atoms with van der Waals surface area (Å²) in [5.74, 6) is -0.323. The third-order valence-electron chi connectivity index (χ3n) is 5.31. The number of nitrogens with one attached hydrogen (secondary N) is 3. The molecule has 144 valence electrons. The van der Waals surface area contributed by atoms with Crippen LogP contribution < -0.4 is 10.4 Å². The predicted molar refractivity (Wildman–Crippen MR) is 123 cm³/mol. The average molecular weight is 505 g/mol. The maximum Gasteiger partial charge on any atom is 0.274 e. The number of halogens is 1. The number of aromatic nitrogens is 1. The van der Waals surface area contributed by atoms with Gasteiger partial charge in [0.05, 0.1) is 5.56 Å². The molecule has 0 spiro atoms. The number of carbonyl (C=O) groups excluding carboxylic acids is 1. The summed E-state index contributed by atoms with van der Waals surface area (Å²) in [4.78, 5) is 16.9. The zero-order valence-electron chi connectivity index (χ0n) is 15.9. The number of rotatable bonds is 6. The Morgan fingerprint density at radius 1 is 1.36 bits per heavy atom. The van der Waals surface area contributed by atoms with Gasteiger partial charge in [0.15, 0.2) is 0 Å². The van der Waals surface area contributed by atoms with Crippen LogP contribution in [-0.4, -0.2) is 16.6 Å². The van der Waals surface area contributed by atoms with E-state index in [2.05, 4.69) is 50.4 Å². The summed E-state index contributed by atoms with van der Waals surface area (Å²) in [6.07, 6.45) is 3.96. The van der Waals surface area contributed by atoms with Crippen LogP contribution in [0.15, 0.2) is 24.4 Å². The third kappa shape index (κ3) is 4.03. The molecule has 1 aromatic heterocycles. The molecule has 3 rings (SSSR count). The summed E-state index contributed by atoms with van der Waals surface area (Å²) in [6.45, 7) is 5.71. The van der Waals surface area contributed by atoms with Crippen molar-refractivity contribution in [3.05, 3.63) is 52.3 Å². The Labute approximate surface area is 179 Å². The minimum Gasteiger partial charge on any atom is -0.358 e. The number of nitrogens with zero attached hydrogens (tertiary/aromatic N) is 2. The molecule has 1 unspecified atom stereocenters. The first-order valence-electron chi connectivity index (χ1n) is 8.83. The number of nitriles is 1. The molecule has 1 aliphatic carbocycles. The highest BCUT2D eigenvalue weighted by Gasteiger charge is 2.42. The number of hydrogen-bond donors (Lipinski definition) is 3. The summed E-state index contributed by atoms with van der Waals surface area (Å²) < 4.78 is 0. The monoisotopic (exact) mass is 505 g/mol. The van der Waals surface area contributed by atoms with E-state index in [1.165, 1.54) is 6.20 Å². The van der Waals surface area contributed by atoms with Crippen molar-refractivity contribution in [3.63, 3.8) is 0 Å². The summed E-state index contributed by atoms with van der Waals surface area (Å²) in [5, 5.41) is 23.9. The first-order chi connectivity index (χ1) is 13.3. The number of amides is 1. The van der Waals surface area contributed by atoms with Crippen molar-refractivity contribution in [1.29, 1.82) is 10.7 Å². The van der Waals surface area contributed by atoms with Gasteiger partial charge in [0.2, 0.25) is 0 Å². The summed E-state index contributed by atoms with van der Waals surface area (Å²) >= 11 is 2.26. The first kappa shape index (κ1) is 20.7. The zero-order valence-corrected chi connectivity index (χ0v) is 19.1. The van der Waals surface area contributed by atoms with Crippen LogP contribution in [0, 0.1) is 36.0 Å². The second-order valence-corrected chi connectivity index (χ2v) is 9.31. The normalized spacial score (nSPS) is 14.5. The lowest BCUT2D eigenvalue weighted by Crippen LogP contribution is -2.18. The highest BCUT2D eigenvalue weighted by molar-refractivity contribution is 14.2. The molecule has 1 aliphatic rings. The topological polar surface area (TPSA) is 102 Å². The predicted octanol–water partition coefficient (Wildman–Crippen LogP) is 5.35. The largest absolute Gasteiger partial charge is 0.358 e. The molecule has 1 aromatic carbocycles. The second-order valence-electron chi connectivity index (χ2n) is 7.25. The molecule has 1 amide bonds. The minimum atomic E-state index is -0.323. The molecule has 1 atom stereocenters. The molecule has 0 aliphatic heterocycles. The number of carbonyl (C=O) groups is 1. The van der Waals surface area contributed by atoms with Crippen molar-refractivity contribution in [2.75, 3.05) is 10.4 Å². The highest BCUT2D eigenvalue weighted by Crippen LogP contribution is 2.49. The fourth-order valence-electron chi connectivity index (χ4n) is 2.99. The lowest BCUT2D eigenvalue weighted by molar-refractivity contribution is 0.102. The lowest BCUT2D eigenvalue weighted by atomic mass is 9.94. The van der Waals surface area contributed by atoms with Gasteiger partial charge in [-0.2, -0.15) is 5.26 Å². The van der Waals surface area contributed by atoms with Crippen LogP contribution in [0.25, 0.3) is 0 Å². The van der Waals surface area contributed by atoms with Crippen LogP contribution in [0.4, 0.5) is 11.4 Å². The van der Waals surface area contributed by atoms with Gasteiger partial charge in [0, 0.05) is 40.6 Å². The fraction of sp³-hybridized carbons (Fsp3) is 0.300. The van der Waals surface area contributed by atoms with Gasteiger partial charge in [-0.3, -0.25) is 4.79 Å². The Morgan fingerprint density at radius 2 is 2.07 bits per heavy atom. The molecule has 28 heavy (non-hydrogen) atoms. The van der Waals surface area contributed by atoms with E-state index < -0.39 is 0 Å². The van der Waals surface area contributed by atoms with Gasteiger partial charge in [-0.1, -0.05) is 6.92 Å². The SMILES string of the molecule is Cc1c(C#N)cnc(C(=O)Nc2ccc(NPI)c(C(=N)C3(C)CC3)c2)c1C. The van der Waals surface area contributed by atoms with Gasteiger partial charge in [-0.15, -0.1) is 0 Å². The van der Waals surface area contributed by atoms with E-state index >= 15 is 0 Å². The molecule has 6 nitrogen and oxygen atoms in total. The van der Waals surface area contributed by atoms with Crippen molar-refractivity contribution in [1.82, 2.24) is 4.98 Å². The number of benzene rings is 1. The van der Waals surface area contributed by atoms with Gasteiger partial charge in [0.25, 0.3) is 5.91 Å². The van der Waals surface area contributed by atoms with E-state index in [4.69, 9.17) is 10.7 Å². The summed E-state index contributed by atoms with van der Waals surface area (Å²) in [6, 6.07) is 7.67. The third-order valence-corrected chi connectivity index (χ3v) is 6.49. The van der Waals surface area contributed by atoms with Gasteiger partial charge >= 0.3 is 0 Å². The van der Waals surface area contributed by atoms with Crippen LogP contribution in [0.5, 0.6) is 0 Å². The van der Waals surface area contributed by atoms with Crippen LogP contribution in [0.3, 0.4) is 0 Å². The summed E-state index contributed by atoms with van der Waals surface area (Å²) in [7, 11) is 0. The van der Waals surface area contributed by atoms with E-state index in [9.17, 15) is 4.79 Å². The summed E-state index contributed by atoms with van der Waals surface area (Å²) in [5.41, 5.74) is 5.11. The number of pyridine rings is 1. The van der Waals surface area contributed by atoms with E-state index in [1.807, 2.05) is 25.1 Å². The molecular formula is C20H21IN5OP. The molecule has 0 radical (unpaired) electrons. The van der Waals surface area contributed by atoms with Gasteiger partial charge in [0.1, 0.15) is 11.8 Å². The zero-order chi connectivity index (χ0) is 20.5. The van der Waals surface area contributed by atoms with E-state index in [1.54, 1.807) is 6.92 Å². The van der Waals surface area contributed by atoms with Gasteiger partial charge in [-0.25, -0.2) is 4.98 Å². The Bertz CT molecular complexity index is 1010. The first-order valence-corrected chi connectivity index (χ1v) is 12.9. The molecule has 0 saturated heterocycles. The van der Waals surface area contributed by atoms with Crippen molar-refractivity contribution in [2.24, 2.45) is 5.41 Å². The van der Waals surface area contributed by atoms with Gasteiger partial charge < -0.3 is 15.8 Å². The van der Waals surface area contributed by atoms with Gasteiger partial charge in [-0.05, 0) is 78.1 Å². The Hall–Kier alpha value is -2.04. The second kappa shape index (κ2) is 8.14. The molecule has 1 saturated carbocycles. The van der Waals surface area contributed by atoms with E-state index in [0.717, 1.165) is 29.7 Å². The van der Waals surface area contributed by atoms with Crippen LogP contribution in [-0.2, 0) is 0 Å². The van der Waals surface area contributed by atoms with E-state index in [-0.39, 0.29) is 11.3 Å². The Kier molecular flexibility index (Phi) is 6.01. The quantitative estimate of drug-likeness (QED) is 0.280. The van der Waals surface area contributed by atoms with Crippen molar-refractivity contribution in [3.8, 4) is 6.07 Å². The molecule has 2 aromatic rings. The number of anilines is 2. The van der Waals surface area contributed by atoms with Crippen molar-refractivity contribution in [2.45, 2.75) is 33.6 Å². The molecule has 0 bridgehead atoms. The smallest absolute Gasteiger partial charge is 0.274 e. The molecular weight excluding hydrogens is 484 g/mol. The average Bonchev–Trinajstić information content (AvgIpc) is 3.43. The maximum absolute atomic E-state index is 12.8. The Morgan fingerprint density at radius 3 is 2.68 bits per heavy atom. The molecule has 1 fully saturated rings. The highest BCUT2D eigenvalue weighted by atomic mass is 127. The fourth-order valence-corrected chi connectivity index (χ4v) is 4.18. The van der Waals surface area contributed by atoms with Crippen molar-refractivity contribution >= 4 is 51.4 Å². The van der Waals surface area contributed by atoms with Crippen LogP contribution >= 0.6 is 28.4 Å². The maximum atomic E-state index is 12.8.